The summed E-state index contributed by atoms with van der Waals surface area (Å²) in [7, 11) is 0. The van der Waals surface area contributed by atoms with Crippen LogP contribution in [0.25, 0.3) is 0 Å². The molecule has 0 aromatic heterocycles. The second kappa shape index (κ2) is 7.97. The monoisotopic (exact) mass is 532 g/mol. The summed E-state index contributed by atoms with van der Waals surface area (Å²) in [6, 6.07) is 27.1. The van der Waals surface area contributed by atoms with Gasteiger partial charge in [-0.3, -0.25) is 0 Å². The summed E-state index contributed by atoms with van der Waals surface area (Å²) in [5, 5.41) is 10.4. The molecule has 0 saturated carbocycles. The van der Waals surface area contributed by atoms with Gasteiger partial charge in [-0.1, -0.05) is 0 Å². The molecule has 0 spiro atoms. The molecule has 166 valence electrons. The van der Waals surface area contributed by atoms with Crippen molar-refractivity contribution in [1.82, 2.24) is 0 Å². The maximum atomic E-state index is 13.8. The minimum atomic E-state index is -4.66. The Kier molecular flexibility index (Phi) is 6.00. The number of hydrogen-bond acceptors (Lipinski definition) is 3. The predicted octanol–water partition coefficient (Wildman–Crippen LogP) is 7.38. The molecular formula is C27H33IO3. The van der Waals surface area contributed by atoms with E-state index in [1.807, 2.05) is 36.4 Å². The van der Waals surface area contributed by atoms with Crippen molar-refractivity contribution in [3.63, 3.8) is 0 Å². The molecule has 0 heterocycles. The van der Waals surface area contributed by atoms with Gasteiger partial charge in [0.05, 0.1) is 0 Å². The molecule has 0 radical (unpaired) electrons. The Hall–Kier alpha value is -2.34. The minimum absolute atomic E-state index is 0.0671. The fourth-order valence-corrected chi connectivity index (χ4v) is 24.2. The van der Waals surface area contributed by atoms with Crippen LogP contribution in [0.3, 0.4) is 0 Å². The number of halogens is 1. The number of alkyl halides is 2. The number of phenols is 1. The van der Waals surface area contributed by atoms with Gasteiger partial charge in [0, 0.05) is 0 Å². The van der Waals surface area contributed by atoms with Crippen LogP contribution in [0, 0.1) is 7.14 Å². The van der Waals surface area contributed by atoms with E-state index in [1.54, 1.807) is 18.2 Å². The van der Waals surface area contributed by atoms with E-state index in [0.717, 1.165) is 7.14 Å². The number of aromatic hydroxyl groups is 1. The van der Waals surface area contributed by atoms with Gasteiger partial charge in [-0.05, 0) is 0 Å². The second-order valence-electron chi connectivity index (χ2n) is 9.48. The maximum absolute atomic E-state index is 13.8. The summed E-state index contributed by atoms with van der Waals surface area (Å²) in [4.78, 5) is 13.8. The molecule has 0 unspecified atom stereocenters. The van der Waals surface area contributed by atoms with Crippen molar-refractivity contribution >= 4 is 23.4 Å². The molecule has 31 heavy (non-hydrogen) atoms. The van der Waals surface area contributed by atoms with Gasteiger partial charge in [0.25, 0.3) is 0 Å². The summed E-state index contributed by atoms with van der Waals surface area (Å²) in [6.45, 7) is 13.1. The topological polar surface area (TPSA) is 46.5 Å². The average Bonchev–Trinajstić information content (AvgIpc) is 2.71. The number of para-hydroxylation sites is 1. The summed E-state index contributed by atoms with van der Waals surface area (Å²) in [5.74, 6) is -0.549. The van der Waals surface area contributed by atoms with Gasteiger partial charge < -0.3 is 0 Å². The van der Waals surface area contributed by atoms with Crippen LogP contribution in [0.1, 0.15) is 51.9 Å². The molecule has 0 aliphatic carbocycles. The first-order chi connectivity index (χ1) is 14.5. The average molecular weight is 532 g/mol. The third kappa shape index (κ3) is 3.27. The van der Waals surface area contributed by atoms with Crippen molar-refractivity contribution in [2.75, 3.05) is 0 Å². The Bertz CT molecular complexity index is 1000. The van der Waals surface area contributed by atoms with Crippen molar-refractivity contribution in [2.24, 2.45) is 0 Å². The Morgan fingerprint density at radius 1 is 0.677 bits per heavy atom. The SMILES string of the molecule is CC(C)(C)I(OC(=O)c1ccccc1O)(c1ccccc1)(c1ccccc1)C(C)(C)C. The van der Waals surface area contributed by atoms with Crippen LogP contribution in [0.5, 0.6) is 5.75 Å². The molecule has 0 aliphatic heterocycles. The zero-order valence-corrected chi connectivity index (χ0v) is 21.4. The van der Waals surface area contributed by atoms with E-state index in [1.165, 1.54) is 6.07 Å². The van der Waals surface area contributed by atoms with Crippen LogP contribution in [0.2, 0.25) is 0 Å². The van der Waals surface area contributed by atoms with Gasteiger partial charge in [-0.2, -0.15) is 0 Å². The summed E-state index contributed by atoms with van der Waals surface area (Å²) in [6.07, 6.45) is 0. The predicted molar refractivity (Wildman–Crippen MR) is 137 cm³/mol. The number of carbonyl (C=O) groups excluding carboxylic acids is 1. The number of carbonyl (C=O) groups is 1. The molecular weight excluding hydrogens is 499 g/mol. The third-order valence-electron chi connectivity index (χ3n) is 5.81. The summed E-state index contributed by atoms with van der Waals surface area (Å²) < 4.78 is 8.36. The molecule has 3 rings (SSSR count). The van der Waals surface area contributed by atoms with E-state index < -0.39 is 23.4 Å². The number of phenolic OH excluding ortho intramolecular Hbond substituents is 1. The first kappa shape index (κ1) is 23.3. The van der Waals surface area contributed by atoms with E-state index >= 15 is 0 Å². The van der Waals surface area contributed by atoms with Crippen LogP contribution in [-0.4, -0.2) is 17.9 Å². The van der Waals surface area contributed by atoms with E-state index in [4.69, 9.17) is 3.07 Å². The van der Waals surface area contributed by atoms with Gasteiger partial charge in [0.15, 0.2) is 0 Å². The molecule has 0 aliphatic rings. The van der Waals surface area contributed by atoms with Crippen LogP contribution < -0.4 is 0 Å². The summed E-state index contributed by atoms with van der Waals surface area (Å²) in [5.41, 5.74) is 0.191. The normalized spacial score (nSPS) is 13.8. The van der Waals surface area contributed by atoms with E-state index in [2.05, 4.69) is 65.8 Å². The zero-order chi connectivity index (χ0) is 22.9. The molecule has 3 aromatic carbocycles. The third-order valence-corrected chi connectivity index (χ3v) is 25.6. The quantitative estimate of drug-likeness (QED) is 0.282. The zero-order valence-electron chi connectivity index (χ0n) is 19.2. The molecule has 4 heteroatoms. The van der Waals surface area contributed by atoms with Crippen molar-refractivity contribution in [3.8, 4) is 5.75 Å². The Morgan fingerprint density at radius 2 is 1.06 bits per heavy atom. The number of rotatable bonds is 4. The van der Waals surface area contributed by atoms with Crippen molar-refractivity contribution < 1.29 is 13.0 Å². The van der Waals surface area contributed by atoms with Crippen LogP contribution in [0.4, 0.5) is 0 Å². The van der Waals surface area contributed by atoms with Crippen LogP contribution in [0.15, 0.2) is 84.9 Å². The Morgan fingerprint density at radius 3 is 1.45 bits per heavy atom. The number of hydrogen-bond donors (Lipinski definition) is 1. The van der Waals surface area contributed by atoms with E-state index in [0.29, 0.717) is 0 Å². The molecule has 3 nitrogen and oxygen atoms in total. The van der Waals surface area contributed by atoms with Crippen molar-refractivity contribution in [1.29, 1.82) is 0 Å². The van der Waals surface area contributed by atoms with Gasteiger partial charge in [-0.25, -0.2) is 0 Å². The van der Waals surface area contributed by atoms with Crippen LogP contribution >= 0.6 is 17.5 Å². The van der Waals surface area contributed by atoms with Crippen LogP contribution in [-0.2, 0) is 3.07 Å². The number of benzene rings is 3. The molecule has 3 aromatic rings. The first-order valence-electron chi connectivity index (χ1n) is 10.4. The van der Waals surface area contributed by atoms with Gasteiger partial charge in [0.2, 0.25) is 0 Å². The van der Waals surface area contributed by atoms with E-state index in [-0.39, 0.29) is 18.2 Å². The van der Waals surface area contributed by atoms with Gasteiger partial charge in [0.1, 0.15) is 0 Å². The summed E-state index contributed by atoms with van der Waals surface area (Å²) >= 11 is -4.66. The van der Waals surface area contributed by atoms with E-state index in [9.17, 15) is 9.90 Å². The Balaban J connectivity index is 2.50. The first-order valence-corrected chi connectivity index (χ1v) is 15.6. The Labute approximate surface area is 187 Å². The standard InChI is InChI=1S/C27H33IO3/c1-26(2,3)28(27(4,5)6,21-15-9-7-10-16-21,22-17-11-8-12-18-22)31-25(30)23-19-13-14-20-24(23)29/h7-20,29H,1-6H3. The van der Waals surface area contributed by atoms with Gasteiger partial charge >= 0.3 is 188 Å². The fraction of sp³-hybridized carbons (Fsp3) is 0.296. The molecule has 0 bridgehead atoms. The second-order valence-corrected chi connectivity index (χ2v) is 23.9. The molecule has 0 saturated heterocycles. The molecule has 0 fully saturated rings. The fourth-order valence-electron chi connectivity index (χ4n) is 4.74. The van der Waals surface area contributed by atoms with Gasteiger partial charge in [-0.15, -0.1) is 0 Å². The molecule has 0 atom stereocenters. The van der Waals surface area contributed by atoms with Crippen molar-refractivity contribution in [3.05, 3.63) is 97.6 Å². The molecule has 0 amide bonds. The van der Waals surface area contributed by atoms with Crippen molar-refractivity contribution in [2.45, 2.75) is 48.4 Å². The molecule has 1 N–H and O–H groups in total.